The fourth-order valence-electron chi connectivity index (χ4n) is 1.59. The lowest BCUT2D eigenvalue weighted by Gasteiger charge is -2.06. The van der Waals surface area contributed by atoms with Crippen LogP contribution in [0.2, 0.25) is 0 Å². The number of nitrogens with zero attached hydrogens (tertiary/aromatic N) is 1. The van der Waals surface area contributed by atoms with Gasteiger partial charge < -0.3 is 10.1 Å². The second kappa shape index (κ2) is 7.28. The van der Waals surface area contributed by atoms with Gasteiger partial charge >= 0.3 is 0 Å². The van der Waals surface area contributed by atoms with Crippen molar-refractivity contribution in [2.24, 2.45) is 0 Å². The van der Waals surface area contributed by atoms with Crippen molar-refractivity contribution in [2.75, 3.05) is 6.61 Å². The van der Waals surface area contributed by atoms with Gasteiger partial charge in [-0.1, -0.05) is 36.4 Å². The van der Waals surface area contributed by atoms with Gasteiger partial charge in [0.1, 0.15) is 6.61 Å². The van der Waals surface area contributed by atoms with Crippen LogP contribution in [0, 0.1) is 0 Å². The normalized spacial score (nSPS) is 10.1. The standard InChI is InChI=1S/C15H16N2O2/c18-15(17-10-14-7-4-8-16-9-14)12-19-11-13-5-2-1-3-6-13/h1-9H,10-12H2,(H,17,18). The van der Waals surface area contributed by atoms with Crippen molar-refractivity contribution in [2.45, 2.75) is 13.2 Å². The summed E-state index contributed by atoms with van der Waals surface area (Å²) in [6.07, 6.45) is 3.43. The first-order chi connectivity index (χ1) is 9.34. The quantitative estimate of drug-likeness (QED) is 0.859. The van der Waals surface area contributed by atoms with Crippen molar-refractivity contribution in [3.05, 3.63) is 66.0 Å². The van der Waals surface area contributed by atoms with Gasteiger partial charge in [-0.15, -0.1) is 0 Å². The number of nitrogens with one attached hydrogen (secondary N) is 1. The number of hydrogen-bond acceptors (Lipinski definition) is 3. The Labute approximate surface area is 112 Å². The number of amides is 1. The highest BCUT2D eigenvalue weighted by molar-refractivity contribution is 5.77. The number of hydrogen-bond donors (Lipinski definition) is 1. The van der Waals surface area contributed by atoms with E-state index in [-0.39, 0.29) is 12.5 Å². The molecule has 1 N–H and O–H groups in total. The molecule has 4 nitrogen and oxygen atoms in total. The molecule has 1 amide bonds. The van der Waals surface area contributed by atoms with Crippen molar-refractivity contribution in [1.29, 1.82) is 0 Å². The van der Waals surface area contributed by atoms with Gasteiger partial charge in [-0.2, -0.15) is 0 Å². The average molecular weight is 256 g/mol. The summed E-state index contributed by atoms with van der Waals surface area (Å²) in [4.78, 5) is 15.5. The summed E-state index contributed by atoms with van der Waals surface area (Å²) in [5.41, 5.74) is 2.03. The fraction of sp³-hybridized carbons (Fsp3) is 0.200. The molecule has 0 aliphatic heterocycles. The lowest BCUT2D eigenvalue weighted by atomic mass is 10.2. The lowest BCUT2D eigenvalue weighted by Crippen LogP contribution is -2.27. The third-order valence-electron chi connectivity index (χ3n) is 2.56. The maximum absolute atomic E-state index is 11.6. The SMILES string of the molecule is O=C(COCc1ccccc1)NCc1cccnc1. The molecule has 4 heteroatoms. The van der Waals surface area contributed by atoms with Crippen molar-refractivity contribution in [3.8, 4) is 0 Å². The van der Waals surface area contributed by atoms with Crippen LogP contribution in [0.4, 0.5) is 0 Å². The highest BCUT2D eigenvalue weighted by Crippen LogP contribution is 2.00. The van der Waals surface area contributed by atoms with Gasteiger partial charge in [0.15, 0.2) is 0 Å². The monoisotopic (exact) mass is 256 g/mol. The van der Waals surface area contributed by atoms with Crippen LogP contribution in [0.3, 0.4) is 0 Å². The lowest BCUT2D eigenvalue weighted by molar-refractivity contribution is -0.126. The Morgan fingerprint density at radius 1 is 1.11 bits per heavy atom. The number of benzene rings is 1. The summed E-state index contributed by atoms with van der Waals surface area (Å²) >= 11 is 0. The number of rotatable bonds is 6. The van der Waals surface area contributed by atoms with E-state index in [1.54, 1.807) is 12.4 Å². The maximum Gasteiger partial charge on any atom is 0.246 e. The molecule has 0 bridgehead atoms. The number of ether oxygens (including phenoxy) is 1. The zero-order valence-electron chi connectivity index (χ0n) is 10.6. The summed E-state index contributed by atoms with van der Waals surface area (Å²) in [5.74, 6) is -0.125. The molecule has 0 saturated carbocycles. The van der Waals surface area contributed by atoms with Gasteiger partial charge in [0.05, 0.1) is 6.61 Å². The second-order valence-electron chi connectivity index (χ2n) is 4.12. The Balaban J connectivity index is 1.65. The van der Waals surface area contributed by atoms with Gasteiger partial charge in [0.2, 0.25) is 5.91 Å². The van der Waals surface area contributed by atoms with Crippen molar-refractivity contribution >= 4 is 5.91 Å². The molecule has 2 rings (SSSR count). The highest BCUT2D eigenvalue weighted by Gasteiger charge is 2.01. The van der Waals surface area contributed by atoms with E-state index in [1.807, 2.05) is 42.5 Å². The van der Waals surface area contributed by atoms with E-state index in [4.69, 9.17) is 4.74 Å². The van der Waals surface area contributed by atoms with Crippen LogP contribution in [-0.2, 0) is 22.7 Å². The van der Waals surface area contributed by atoms with Crippen LogP contribution in [-0.4, -0.2) is 17.5 Å². The molecule has 1 heterocycles. The largest absolute Gasteiger partial charge is 0.367 e. The molecular formula is C15H16N2O2. The first kappa shape index (κ1) is 13.2. The molecule has 0 atom stereocenters. The minimum Gasteiger partial charge on any atom is -0.367 e. The molecule has 19 heavy (non-hydrogen) atoms. The van der Waals surface area contributed by atoms with Gasteiger partial charge in [-0.3, -0.25) is 9.78 Å². The summed E-state index contributed by atoms with van der Waals surface area (Å²) in [7, 11) is 0. The molecule has 2 aromatic rings. The van der Waals surface area contributed by atoms with Crippen LogP contribution in [0.1, 0.15) is 11.1 Å². The highest BCUT2D eigenvalue weighted by atomic mass is 16.5. The van der Waals surface area contributed by atoms with Crippen LogP contribution in [0.25, 0.3) is 0 Å². The van der Waals surface area contributed by atoms with Gasteiger partial charge in [0.25, 0.3) is 0 Å². The summed E-state index contributed by atoms with van der Waals surface area (Å²) in [6, 6.07) is 13.5. The molecule has 0 radical (unpaired) electrons. The Bertz CT molecular complexity index is 500. The van der Waals surface area contributed by atoms with E-state index in [2.05, 4.69) is 10.3 Å². The topological polar surface area (TPSA) is 51.2 Å². The first-order valence-corrected chi connectivity index (χ1v) is 6.12. The zero-order valence-corrected chi connectivity index (χ0v) is 10.6. The molecule has 1 aromatic carbocycles. The first-order valence-electron chi connectivity index (χ1n) is 6.12. The van der Waals surface area contributed by atoms with Crippen LogP contribution >= 0.6 is 0 Å². The van der Waals surface area contributed by atoms with E-state index in [9.17, 15) is 4.79 Å². The van der Waals surface area contributed by atoms with Crippen molar-refractivity contribution < 1.29 is 9.53 Å². The molecule has 0 fully saturated rings. The Morgan fingerprint density at radius 3 is 2.63 bits per heavy atom. The number of carbonyl (C=O) groups excluding carboxylic acids is 1. The Kier molecular flexibility index (Phi) is 5.07. The molecule has 0 saturated heterocycles. The van der Waals surface area contributed by atoms with Crippen LogP contribution < -0.4 is 5.32 Å². The molecule has 0 aliphatic carbocycles. The Morgan fingerprint density at radius 2 is 1.89 bits per heavy atom. The smallest absolute Gasteiger partial charge is 0.246 e. The van der Waals surface area contributed by atoms with E-state index in [1.165, 1.54) is 0 Å². The second-order valence-corrected chi connectivity index (χ2v) is 4.12. The van der Waals surface area contributed by atoms with E-state index in [0.717, 1.165) is 11.1 Å². The summed E-state index contributed by atoms with van der Waals surface area (Å²) in [5, 5.41) is 2.78. The summed E-state index contributed by atoms with van der Waals surface area (Å²) in [6.45, 7) is 0.984. The van der Waals surface area contributed by atoms with Gasteiger partial charge in [-0.25, -0.2) is 0 Å². The van der Waals surface area contributed by atoms with Crippen LogP contribution in [0.15, 0.2) is 54.9 Å². The molecule has 1 aromatic heterocycles. The predicted octanol–water partition coefficient (Wildman–Crippen LogP) is 1.91. The number of carbonyl (C=O) groups is 1. The Hall–Kier alpha value is -2.20. The van der Waals surface area contributed by atoms with E-state index >= 15 is 0 Å². The van der Waals surface area contributed by atoms with Gasteiger partial charge in [0, 0.05) is 18.9 Å². The minimum absolute atomic E-state index is 0.0646. The summed E-state index contributed by atoms with van der Waals surface area (Å²) < 4.78 is 5.34. The van der Waals surface area contributed by atoms with E-state index < -0.39 is 0 Å². The van der Waals surface area contributed by atoms with Gasteiger partial charge in [-0.05, 0) is 17.2 Å². The fourth-order valence-corrected chi connectivity index (χ4v) is 1.59. The van der Waals surface area contributed by atoms with Crippen LogP contribution in [0.5, 0.6) is 0 Å². The number of aromatic nitrogens is 1. The molecule has 0 unspecified atom stereocenters. The number of pyridine rings is 1. The minimum atomic E-state index is -0.125. The third-order valence-corrected chi connectivity index (χ3v) is 2.56. The van der Waals surface area contributed by atoms with Crippen molar-refractivity contribution in [1.82, 2.24) is 10.3 Å². The predicted molar refractivity (Wildman–Crippen MR) is 72.2 cm³/mol. The maximum atomic E-state index is 11.6. The average Bonchev–Trinajstić information content (AvgIpc) is 2.47. The van der Waals surface area contributed by atoms with E-state index in [0.29, 0.717) is 13.2 Å². The molecular weight excluding hydrogens is 240 g/mol. The molecule has 98 valence electrons. The zero-order chi connectivity index (χ0) is 13.3. The molecule has 0 spiro atoms. The molecule has 0 aliphatic rings. The van der Waals surface area contributed by atoms with Crippen molar-refractivity contribution in [3.63, 3.8) is 0 Å². The third kappa shape index (κ3) is 4.89.